The van der Waals surface area contributed by atoms with Gasteiger partial charge in [-0.1, -0.05) is 12.1 Å². The largest absolute Gasteiger partial charge is 0.415 e. The molecule has 2 aliphatic heterocycles. The molecule has 198 valence electrons. The van der Waals surface area contributed by atoms with E-state index in [2.05, 4.69) is 15.2 Å². The highest BCUT2D eigenvalue weighted by Gasteiger charge is 2.23. The zero-order valence-corrected chi connectivity index (χ0v) is 21.0. The third-order valence-electron chi connectivity index (χ3n) is 6.62. The van der Waals surface area contributed by atoms with Crippen LogP contribution in [0.5, 0.6) is 5.75 Å². The molecule has 5 rings (SSSR count). The molecule has 0 aliphatic carbocycles. The van der Waals surface area contributed by atoms with Crippen LogP contribution in [0, 0.1) is 5.82 Å². The van der Waals surface area contributed by atoms with Gasteiger partial charge >= 0.3 is 6.09 Å². The van der Waals surface area contributed by atoms with Crippen LogP contribution in [-0.4, -0.2) is 79.3 Å². The number of halogens is 1. The third kappa shape index (κ3) is 6.64. The minimum Gasteiger partial charge on any atom is -0.410 e. The van der Waals surface area contributed by atoms with E-state index in [-0.39, 0.29) is 11.7 Å². The first-order chi connectivity index (χ1) is 18.5. The maximum absolute atomic E-state index is 13.1. The molecule has 0 unspecified atom stereocenters. The summed E-state index contributed by atoms with van der Waals surface area (Å²) in [7, 11) is 0. The Balaban J connectivity index is 1.08. The summed E-state index contributed by atoms with van der Waals surface area (Å²) in [5.41, 5.74) is 2.33. The van der Waals surface area contributed by atoms with Crippen molar-refractivity contribution < 1.29 is 23.5 Å². The number of hydrogen-bond acceptors (Lipinski definition) is 7. The van der Waals surface area contributed by atoms with E-state index in [9.17, 15) is 14.0 Å². The monoisotopic (exact) mass is 519 g/mol. The lowest BCUT2D eigenvalue weighted by Gasteiger charge is -2.34. The molecule has 0 radical (unpaired) electrons. The van der Waals surface area contributed by atoms with Crippen LogP contribution in [0.3, 0.4) is 0 Å². The topological polar surface area (TPSA) is 87.2 Å². The molecular weight excluding hydrogens is 489 g/mol. The first-order valence-corrected chi connectivity index (χ1v) is 12.7. The summed E-state index contributed by atoms with van der Waals surface area (Å²) < 4.78 is 24.0. The molecule has 0 saturated carbocycles. The fourth-order valence-electron chi connectivity index (χ4n) is 4.43. The molecule has 2 fully saturated rings. The van der Waals surface area contributed by atoms with Gasteiger partial charge in [-0.2, -0.15) is 0 Å². The zero-order valence-electron chi connectivity index (χ0n) is 21.0. The standard InChI is InChI=1S/C28H30FN5O4/c29-23-5-10-26(30-19-23)33-11-13-34(14-12-33)28(36)38-25-8-6-24(7-9-25)31-27(35)22-3-1-21(2-4-22)20-32-15-17-37-18-16-32/h1-10,19H,11-18,20H2,(H,31,35). The molecule has 2 amide bonds. The van der Waals surface area contributed by atoms with Crippen LogP contribution in [0.2, 0.25) is 0 Å². The van der Waals surface area contributed by atoms with E-state index in [0.29, 0.717) is 49.0 Å². The number of carbonyl (C=O) groups excluding carboxylic acids is 2. The van der Waals surface area contributed by atoms with Gasteiger partial charge in [0.2, 0.25) is 0 Å². The molecule has 10 heteroatoms. The number of benzene rings is 2. The summed E-state index contributed by atoms with van der Waals surface area (Å²) in [6.07, 6.45) is 0.747. The minimum atomic E-state index is -0.439. The minimum absolute atomic E-state index is 0.207. The molecule has 0 bridgehead atoms. The summed E-state index contributed by atoms with van der Waals surface area (Å²) in [5, 5.41) is 2.88. The average Bonchev–Trinajstić information content (AvgIpc) is 2.95. The summed E-state index contributed by atoms with van der Waals surface area (Å²) in [6, 6.07) is 17.3. The molecule has 3 heterocycles. The number of carbonyl (C=O) groups is 2. The van der Waals surface area contributed by atoms with Gasteiger partial charge in [0.25, 0.3) is 5.91 Å². The van der Waals surface area contributed by atoms with Gasteiger partial charge in [0.1, 0.15) is 17.4 Å². The van der Waals surface area contributed by atoms with Crippen LogP contribution in [0.15, 0.2) is 66.9 Å². The Hall–Kier alpha value is -4.02. The van der Waals surface area contributed by atoms with E-state index in [4.69, 9.17) is 9.47 Å². The van der Waals surface area contributed by atoms with Crippen molar-refractivity contribution in [1.82, 2.24) is 14.8 Å². The summed E-state index contributed by atoms with van der Waals surface area (Å²) in [6.45, 7) is 6.28. The quantitative estimate of drug-likeness (QED) is 0.532. The fraction of sp³-hybridized carbons (Fsp3) is 0.321. The van der Waals surface area contributed by atoms with E-state index in [1.165, 1.54) is 12.3 Å². The molecule has 0 atom stereocenters. The average molecular weight is 520 g/mol. The molecule has 3 aromatic rings. The Labute approximate surface area is 220 Å². The van der Waals surface area contributed by atoms with Gasteiger partial charge in [-0.25, -0.2) is 14.2 Å². The second kappa shape index (κ2) is 12.0. The smallest absolute Gasteiger partial charge is 0.410 e. The van der Waals surface area contributed by atoms with Crippen molar-refractivity contribution in [3.05, 3.63) is 83.8 Å². The maximum Gasteiger partial charge on any atom is 0.415 e. The van der Waals surface area contributed by atoms with Gasteiger partial charge in [-0.05, 0) is 54.1 Å². The van der Waals surface area contributed by atoms with E-state index >= 15 is 0 Å². The predicted molar refractivity (Wildman–Crippen MR) is 141 cm³/mol. The highest BCUT2D eigenvalue weighted by atomic mass is 19.1. The number of piperazine rings is 1. The number of nitrogens with one attached hydrogen (secondary N) is 1. The Kier molecular flexibility index (Phi) is 8.10. The van der Waals surface area contributed by atoms with Gasteiger partial charge in [-0.15, -0.1) is 0 Å². The van der Waals surface area contributed by atoms with Crippen molar-refractivity contribution in [2.75, 3.05) is 62.7 Å². The normalized spacial score (nSPS) is 16.2. The fourth-order valence-corrected chi connectivity index (χ4v) is 4.43. The Morgan fingerprint density at radius 1 is 0.895 bits per heavy atom. The number of pyridine rings is 1. The number of rotatable bonds is 6. The van der Waals surface area contributed by atoms with Crippen LogP contribution in [0.25, 0.3) is 0 Å². The number of aromatic nitrogens is 1. The Bertz CT molecular complexity index is 1220. The van der Waals surface area contributed by atoms with Crippen molar-refractivity contribution in [2.45, 2.75) is 6.54 Å². The van der Waals surface area contributed by atoms with E-state index in [1.807, 2.05) is 29.2 Å². The number of anilines is 2. The number of nitrogens with zero attached hydrogens (tertiary/aromatic N) is 4. The SMILES string of the molecule is O=C(Nc1ccc(OC(=O)N2CCN(c3ccc(F)cn3)CC2)cc1)c1ccc(CN2CCOCC2)cc1. The summed E-state index contributed by atoms with van der Waals surface area (Å²) in [4.78, 5) is 35.3. The maximum atomic E-state index is 13.1. The van der Waals surface area contributed by atoms with Crippen molar-refractivity contribution in [3.63, 3.8) is 0 Å². The lowest BCUT2D eigenvalue weighted by Crippen LogP contribution is -2.49. The molecule has 9 nitrogen and oxygen atoms in total. The molecule has 0 spiro atoms. The molecule has 38 heavy (non-hydrogen) atoms. The second-order valence-corrected chi connectivity index (χ2v) is 9.24. The van der Waals surface area contributed by atoms with E-state index < -0.39 is 6.09 Å². The molecule has 2 saturated heterocycles. The van der Waals surface area contributed by atoms with Gasteiger partial charge in [0, 0.05) is 57.1 Å². The molecule has 1 aromatic heterocycles. The van der Waals surface area contributed by atoms with Gasteiger partial charge < -0.3 is 24.6 Å². The number of amides is 2. The van der Waals surface area contributed by atoms with Gasteiger partial charge in [-0.3, -0.25) is 9.69 Å². The Morgan fingerprint density at radius 3 is 2.26 bits per heavy atom. The van der Waals surface area contributed by atoms with E-state index in [0.717, 1.165) is 38.4 Å². The van der Waals surface area contributed by atoms with Crippen molar-refractivity contribution in [3.8, 4) is 5.75 Å². The zero-order chi connectivity index (χ0) is 26.3. The first kappa shape index (κ1) is 25.6. The second-order valence-electron chi connectivity index (χ2n) is 9.24. The molecule has 2 aromatic carbocycles. The third-order valence-corrected chi connectivity index (χ3v) is 6.62. The highest BCUT2D eigenvalue weighted by molar-refractivity contribution is 6.04. The Morgan fingerprint density at radius 2 is 1.61 bits per heavy atom. The molecule has 1 N–H and O–H groups in total. The van der Waals surface area contributed by atoms with E-state index in [1.54, 1.807) is 35.2 Å². The lowest BCUT2D eigenvalue weighted by molar-refractivity contribution is 0.0342. The first-order valence-electron chi connectivity index (χ1n) is 12.7. The van der Waals surface area contributed by atoms with Crippen molar-refractivity contribution >= 4 is 23.5 Å². The van der Waals surface area contributed by atoms with Crippen LogP contribution >= 0.6 is 0 Å². The summed E-state index contributed by atoms with van der Waals surface area (Å²) >= 11 is 0. The van der Waals surface area contributed by atoms with Crippen molar-refractivity contribution in [2.24, 2.45) is 0 Å². The molecule has 2 aliphatic rings. The van der Waals surface area contributed by atoms with Crippen LogP contribution in [-0.2, 0) is 11.3 Å². The number of ether oxygens (including phenoxy) is 2. The highest BCUT2D eigenvalue weighted by Crippen LogP contribution is 2.19. The van der Waals surface area contributed by atoms with Crippen molar-refractivity contribution in [1.29, 1.82) is 0 Å². The number of hydrogen-bond donors (Lipinski definition) is 1. The van der Waals surface area contributed by atoms with Gasteiger partial charge in [0.15, 0.2) is 0 Å². The predicted octanol–water partition coefficient (Wildman–Crippen LogP) is 3.63. The lowest BCUT2D eigenvalue weighted by atomic mass is 10.1. The summed E-state index contributed by atoms with van der Waals surface area (Å²) in [5.74, 6) is 0.487. The number of morpholine rings is 1. The van der Waals surface area contributed by atoms with Crippen LogP contribution in [0.4, 0.5) is 20.7 Å². The van der Waals surface area contributed by atoms with Crippen LogP contribution in [0.1, 0.15) is 15.9 Å². The van der Waals surface area contributed by atoms with Gasteiger partial charge in [0.05, 0.1) is 19.4 Å². The molecular formula is C28H30FN5O4. The van der Waals surface area contributed by atoms with Crippen LogP contribution < -0.4 is 15.0 Å².